The van der Waals surface area contributed by atoms with Crippen molar-refractivity contribution >= 4 is 10.9 Å². The second-order valence-corrected chi connectivity index (χ2v) is 5.10. The van der Waals surface area contributed by atoms with Crippen molar-refractivity contribution in [2.24, 2.45) is 0 Å². The van der Waals surface area contributed by atoms with Gasteiger partial charge >= 0.3 is 0 Å². The van der Waals surface area contributed by atoms with Gasteiger partial charge in [0.1, 0.15) is 11.9 Å². The van der Waals surface area contributed by atoms with Crippen LogP contribution in [0.4, 0.5) is 0 Å². The first kappa shape index (κ1) is 13.6. The Morgan fingerprint density at radius 2 is 1.95 bits per heavy atom. The number of aryl methyl sites for hydroxylation is 1. The SMILES string of the molecule is COc1ccc(C)cc1C(O)c1ccc2cccnc2c1. The number of benzene rings is 2. The van der Waals surface area contributed by atoms with E-state index in [1.165, 1.54) is 0 Å². The molecule has 3 rings (SSSR count). The fourth-order valence-corrected chi connectivity index (χ4v) is 2.50. The Bertz CT molecular complexity index is 783. The van der Waals surface area contributed by atoms with E-state index in [1.54, 1.807) is 13.3 Å². The number of aromatic nitrogens is 1. The van der Waals surface area contributed by atoms with Crippen LogP contribution in [0.3, 0.4) is 0 Å². The Labute approximate surface area is 123 Å². The van der Waals surface area contributed by atoms with Gasteiger partial charge in [-0.2, -0.15) is 0 Å². The first-order chi connectivity index (χ1) is 10.2. The van der Waals surface area contributed by atoms with Crippen molar-refractivity contribution < 1.29 is 9.84 Å². The normalized spacial score (nSPS) is 12.3. The van der Waals surface area contributed by atoms with Crippen molar-refractivity contribution in [2.75, 3.05) is 7.11 Å². The van der Waals surface area contributed by atoms with Crippen molar-refractivity contribution in [1.29, 1.82) is 0 Å². The summed E-state index contributed by atoms with van der Waals surface area (Å²) < 4.78 is 5.35. The Morgan fingerprint density at radius 1 is 1.10 bits per heavy atom. The molecule has 0 saturated carbocycles. The molecule has 0 bridgehead atoms. The first-order valence-corrected chi connectivity index (χ1v) is 6.86. The molecule has 0 aliphatic rings. The lowest BCUT2D eigenvalue weighted by Crippen LogP contribution is -2.03. The van der Waals surface area contributed by atoms with Crippen LogP contribution in [0.5, 0.6) is 5.75 Å². The van der Waals surface area contributed by atoms with Gasteiger partial charge in [0.25, 0.3) is 0 Å². The van der Waals surface area contributed by atoms with Gasteiger partial charge in [0.15, 0.2) is 0 Å². The summed E-state index contributed by atoms with van der Waals surface area (Å²) in [6, 6.07) is 15.5. The average molecular weight is 279 g/mol. The summed E-state index contributed by atoms with van der Waals surface area (Å²) in [5.74, 6) is 0.689. The third kappa shape index (κ3) is 2.60. The number of methoxy groups -OCH3 is 1. The lowest BCUT2D eigenvalue weighted by molar-refractivity contribution is 0.215. The lowest BCUT2D eigenvalue weighted by Gasteiger charge is -2.16. The maximum atomic E-state index is 10.7. The zero-order chi connectivity index (χ0) is 14.8. The Balaban J connectivity index is 2.07. The molecule has 0 aliphatic heterocycles. The molecule has 0 aliphatic carbocycles. The number of pyridine rings is 1. The molecule has 3 aromatic rings. The Morgan fingerprint density at radius 3 is 2.76 bits per heavy atom. The molecule has 106 valence electrons. The molecular formula is C18H17NO2. The van der Waals surface area contributed by atoms with E-state index < -0.39 is 6.10 Å². The standard InChI is InChI=1S/C18H17NO2/c1-12-5-8-17(21-2)15(10-12)18(20)14-7-6-13-4-3-9-19-16(13)11-14/h3-11,18,20H,1-2H3. The maximum Gasteiger partial charge on any atom is 0.125 e. The molecule has 1 N–H and O–H groups in total. The largest absolute Gasteiger partial charge is 0.496 e. The van der Waals surface area contributed by atoms with Gasteiger partial charge < -0.3 is 9.84 Å². The molecule has 0 saturated heterocycles. The minimum atomic E-state index is -0.730. The predicted molar refractivity (Wildman–Crippen MR) is 83.5 cm³/mol. The van der Waals surface area contributed by atoms with E-state index in [1.807, 2.05) is 55.5 Å². The monoisotopic (exact) mass is 279 g/mol. The summed E-state index contributed by atoms with van der Waals surface area (Å²) in [5, 5.41) is 11.7. The van der Waals surface area contributed by atoms with Gasteiger partial charge in [-0.1, -0.05) is 29.8 Å². The molecule has 1 aromatic heterocycles. The molecule has 1 heterocycles. The first-order valence-electron chi connectivity index (χ1n) is 6.86. The number of rotatable bonds is 3. The van der Waals surface area contributed by atoms with Crippen LogP contribution in [-0.4, -0.2) is 17.2 Å². The molecule has 1 unspecified atom stereocenters. The summed E-state index contributed by atoms with van der Waals surface area (Å²) in [7, 11) is 1.61. The highest BCUT2D eigenvalue weighted by molar-refractivity contribution is 5.79. The van der Waals surface area contributed by atoms with Gasteiger partial charge in [0.05, 0.1) is 12.6 Å². The molecule has 0 fully saturated rings. The quantitative estimate of drug-likeness (QED) is 0.796. The number of hydrogen-bond donors (Lipinski definition) is 1. The second-order valence-electron chi connectivity index (χ2n) is 5.10. The molecule has 1 atom stereocenters. The van der Waals surface area contributed by atoms with Crippen LogP contribution >= 0.6 is 0 Å². The van der Waals surface area contributed by atoms with Crippen LogP contribution in [0.15, 0.2) is 54.7 Å². The van der Waals surface area contributed by atoms with Crippen molar-refractivity contribution in [2.45, 2.75) is 13.0 Å². The molecule has 0 amide bonds. The van der Waals surface area contributed by atoms with E-state index in [0.717, 1.165) is 27.6 Å². The highest BCUT2D eigenvalue weighted by atomic mass is 16.5. The third-order valence-electron chi connectivity index (χ3n) is 3.63. The Hall–Kier alpha value is -2.39. The Kier molecular flexibility index (Phi) is 3.59. The molecule has 3 heteroatoms. The summed E-state index contributed by atoms with van der Waals surface area (Å²) in [6.45, 7) is 2.00. The summed E-state index contributed by atoms with van der Waals surface area (Å²) >= 11 is 0. The summed E-state index contributed by atoms with van der Waals surface area (Å²) in [6.07, 6.45) is 1.03. The average Bonchev–Trinajstić information content (AvgIpc) is 2.53. The minimum absolute atomic E-state index is 0.689. The zero-order valence-corrected chi connectivity index (χ0v) is 12.1. The molecule has 0 spiro atoms. The van der Waals surface area contributed by atoms with Crippen LogP contribution in [0.1, 0.15) is 22.8 Å². The molecular weight excluding hydrogens is 262 g/mol. The van der Waals surface area contributed by atoms with Crippen LogP contribution in [-0.2, 0) is 0 Å². The van der Waals surface area contributed by atoms with Crippen LogP contribution < -0.4 is 4.74 Å². The van der Waals surface area contributed by atoms with Crippen LogP contribution in [0, 0.1) is 6.92 Å². The van der Waals surface area contributed by atoms with Gasteiger partial charge in [0.2, 0.25) is 0 Å². The second kappa shape index (κ2) is 5.54. The zero-order valence-electron chi connectivity index (χ0n) is 12.1. The van der Waals surface area contributed by atoms with Crippen molar-refractivity contribution in [3.8, 4) is 5.75 Å². The van der Waals surface area contributed by atoms with Crippen LogP contribution in [0.2, 0.25) is 0 Å². The van der Waals surface area contributed by atoms with E-state index in [-0.39, 0.29) is 0 Å². The van der Waals surface area contributed by atoms with Gasteiger partial charge in [-0.15, -0.1) is 0 Å². The van der Waals surface area contributed by atoms with E-state index >= 15 is 0 Å². The fraction of sp³-hybridized carbons (Fsp3) is 0.167. The number of ether oxygens (including phenoxy) is 1. The van der Waals surface area contributed by atoms with Crippen molar-refractivity contribution in [3.63, 3.8) is 0 Å². The predicted octanol–water partition coefficient (Wildman–Crippen LogP) is 3.63. The number of fused-ring (bicyclic) bond motifs is 1. The number of nitrogens with zero attached hydrogens (tertiary/aromatic N) is 1. The molecule has 21 heavy (non-hydrogen) atoms. The topological polar surface area (TPSA) is 42.4 Å². The van der Waals surface area contributed by atoms with Crippen molar-refractivity contribution in [3.05, 3.63) is 71.4 Å². The fourth-order valence-electron chi connectivity index (χ4n) is 2.50. The van der Waals surface area contributed by atoms with E-state index in [0.29, 0.717) is 5.75 Å². The molecule has 2 aromatic carbocycles. The third-order valence-corrected chi connectivity index (χ3v) is 3.63. The molecule has 3 nitrogen and oxygen atoms in total. The minimum Gasteiger partial charge on any atom is -0.496 e. The highest BCUT2D eigenvalue weighted by Gasteiger charge is 2.16. The van der Waals surface area contributed by atoms with E-state index in [4.69, 9.17) is 4.74 Å². The highest BCUT2D eigenvalue weighted by Crippen LogP contribution is 2.31. The number of hydrogen-bond acceptors (Lipinski definition) is 3. The molecule has 0 radical (unpaired) electrons. The van der Waals surface area contributed by atoms with E-state index in [9.17, 15) is 5.11 Å². The smallest absolute Gasteiger partial charge is 0.125 e. The van der Waals surface area contributed by atoms with Gasteiger partial charge in [-0.3, -0.25) is 4.98 Å². The number of aliphatic hydroxyl groups excluding tert-OH is 1. The summed E-state index contributed by atoms with van der Waals surface area (Å²) in [4.78, 5) is 4.34. The lowest BCUT2D eigenvalue weighted by atomic mass is 9.98. The summed E-state index contributed by atoms with van der Waals surface area (Å²) in [5.41, 5.74) is 3.54. The van der Waals surface area contributed by atoms with Crippen molar-refractivity contribution in [1.82, 2.24) is 4.98 Å². The van der Waals surface area contributed by atoms with Gasteiger partial charge in [0, 0.05) is 17.1 Å². The van der Waals surface area contributed by atoms with Crippen LogP contribution in [0.25, 0.3) is 10.9 Å². The van der Waals surface area contributed by atoms with E-state index in [2.05, 4.69) is 4.98 Å². The maximum absolute atomic E-state index is 10.7. The number of aliphatic hydroxyl groups is 1. The van der Waals surface area contributed by atoms with Gasteiger partial charge in [-0.05, 0) is 36.8 Å². The van der Waals surface area contributed by atoms with Gasteiger partial charge in [-0.25, -0.2) is 0 Å².